The molecule has 0 saturated carbocycles. The first kappa shape index (κ1) is 39.2. The van der Waals surface area contributed by atoms with E-state index in [-0.39, 0.29) is 12.0 Å². The fourth-order valence-electron chi connectivity index (χ4n) is 5.95. The maximum atomic E-state index is 10.7. The molecule has 0 atom stereocenters. The van der Waals surface area contributed by atoms with Gasteiger partial charge in [-0.1, -0.05) is 139 Å². The SMILES string of the molecule is Cc1ccc(O[n+]2ccccc2)cc1.Cc1ccc(O[n+]2ccccc2)cc1.[O-]B([O-])OCCCC(c1ccccc1)(c1ccccc1)c1ccccc1. The van der Waals surface area contributed by atoms with Gasteiger partial charge in [0.25, 0.3) is 0 Å². The number of aromatic nitrogens is 2. The van der Waals surface area contributed by atoms with Gasteiger partial charge in [0.1, 0.15) is 0 Å². The van der Waals surface area contributed by atoms with Gasteiger partial charge in [-0.2, -0.15) is 0 Å². The molecule has 0 bridgehead atoms. The minimum atomic E-state index is -2.23. The van der Waals surface area contributed by atoms with E-state index in [1.807, 2.05) is 164 Å². The molecule has 0 saturated heterocycles. The Labute approximate surface area is 319 Å². The molecule has 272 valence electrons. The Kier molecular flexibility index (Phi) is 15.1. The van der Waals surface area contributed by atoms with Crippen molar-refractivity contribution in [1.29, 1.82) is 0 Å². The van der Waals surface area contributed by atoms with E-state index in [9.17, 15) is 10.0 Å². The van der Waals surface area contributed by atoms with Crippen molar-refractivity contribution in [2.24, 2.45) is 0 Å². The molecule has 0 N–H and O–H groups in total. The fourth-order valence-corrected chi connectivity index (χ4v) is 5.95. The number of aryl methyl sites for hydroxylation is 2. The highest BCUT2D eigenvalue weighted by Gasteiger charge is 2.35. The van der Waals surface area contributed by atoms with Crippen LogP contribution in [0.5, 0.6) is 11.5 Å². The highest BCUT2D eigenvalue weighted by Crippen LogP contribution is 2.43. The maximum Gasteiger partial charge on any atom is 0.223 e. The smallest absolute Gasteiger partial charge is 0.223 e. The zero-order valence-corrected chi connectivity index (χ0v) is 30.7. The predicted molar refractivity (Wildman–Crippen MR) is 208 cm³/mol. The molecule has 0 radical (unpaired) electrons. The van der Waals surface area contributed by atoms with Crippen molar-refractivity contribution in [3.63, 3.8) is 0 Å². The second-order valence-corrected chi connectivity index (χ2v) is 12.5. The lowest BCUT2D eigenvalue weighted by molar-refractivity contribution is -0.875. The molecule has 0 aliphatic carbocycles. The van der Waals surface area contributed by atoms with Crippen LogP contribution in [0.4, 0.5) is 0 Å². The van der Waals surface area contributed by atoms with E-state index in [0.717, 1.165) is 17.9 Å². The van der Waals surface area contributed by atoms with Crippen molar-refractivity contribution in [3.8, 4) is 11.5 Å². The average molecular weight is 717 g/mol. The summed E-state index contributed by atoms with van der Waals surface area (Å²) < 4.78 is 8.08. The van der Waals surface area contributed by atoms with E-state index in [2.05, 4.69) is 50.2 Å². The van der Waals surface area contributed by atoms with E-state index >= 15 is 0 Å². The lowest BCUT2D eigenvalue weighted by atomic mass is 9.67. The Morgan fingerprint density at radius 2 is 0.796 bits per heavy atom. The molecule has 2 aromatic heterocycles. The van der Waals surface area contributed by atoms with Crippen molar-refractivity contribution in [3.05, 3.63) is 229 Å². The van der Waals surface area contributed by atoms with Gasteiger partial charge in [-0.25, -0.2) is 9.68 Å². The maximum absolute atomic E-state index is 10.7. The molecule has 0 aliphatic rings. The number of hydrogen-bond acceptors (Lipinski definition) is 5. The molecule has 7 nitrogen and oxygen atoms in total. The zero-order chi connectivity index (χ0) is 37.9. The van der Waals surface area contributed by atoms with Gasteiger partial charge < -0.3 is 14.7 Å². The summed E-state index contributed by atoms with van der Waals surface area (Å²) in [4.78, 5) is 11.1. The third-order valence-electron chi connectivity index (χ3n) is 8.59. The lowest BCUT2D eigenvalue weighted by Crippen LogP contribution is -2.48. The highest BCUT2D eigenvalue weighted by molar-refractivity contribution is 6.28. The molecule has 0 unspecified atom stereocenters. The monoisotopic (exact) mass is 716 g/mol. The Balaban J connectivity index is 0.000000169. The van der Waals surface area contributed by atoms with Crippen LogP contribution in [0.25, 0.3) is 0 Å². The van der Waals surface area contributed by atoms with Gasteiger partial charge >= 0.3 is 0 Å². The number of rotatable bonds is 12. The summed E-state index contributed by atoms with van der Waals surface area (Å²) in [5.41, 5.74) is 5.63. The van der Waals surface area contributed by atoms with Gasteiger partial charge in [0.15, 0.2) is 0 Å². The topological polar surface area (TPSA) is 81.6 Å². The molecule has 7 rings (SSSR count). The summed E-state index contributed by atoms with van der Waals surface area (Å²) in [6, 6.07) is 58.6. The first-order valence-corrected chi connectivity index (χ1v) is 17.9. The molecule has 0 spiro atoms. The first-order valence-electron chi connectivity index (χ1n) is 17.9. The average Bonchev–Trinajstić information content (AvgIpc) is 3.22. The molecule has 5 aromatic carbocycles. The van der Waals surface area contributed by atoms with Crippen LogP contribution in [0.1, 0.15) is 40.7 Å². The van der Waals surface area contributed by atoms with Crippen LogP contribution in [0.15, 0.2) is 201 Å². The zero-order valence-electron chi connectivity index (χ0n) is 30.7. The summed E-state index contributed by atoms with van der Waals surface area (Å²) in [5, 5.41) is 21.4. The molecule has 0 fully saturated rings. The van der Waals surface area contributed by atoms with Crippen molar-refractivity contribution in [2.45, 2.75) is 32.1 Å². The molecule has 8 heteroatoms. The van der Waals surface area contributed by atoms with Crippen LogP contribution in [-0.4, -0.2) is 13.9 Å². The summed E-state index contributed by atoms with van der Waals surface area (Å²) >= 11 is 0. The minimum Gasteiger partial charge on any atom is -0.871 e. The third kappa shape index (κ3) is 12.0. The standard InChI is InChI=1S/C22H21BO3.2C12H12NO/c24-23(25)26-18-10-17-22(19-11-4-1-5-12-19,20-13-6-2-7-14-20)21-15-8-3-9-16-21;2*1-11-5-7-12(8-6-11)14-13-9-3-2-4-10-13/h1-9,11-16H,10,17-18H2;2*2-10H,1H3/q-2;2*+1. The number of nitrogens with zero attached hydrogens (tertiary/aromatic N) is 2. The lowest BCUT2D eigenvalue weighted by Gasteiger charge is -2.37. The Hall–Kier alpha value is -6.06. The third-order valence-corrected chi connectivity index (χ3v) is 8.59. The number of benzene rings is 5. The summed E-state index contributed by atoms with van der Waals surface area (Å²) in [6.07, 6.45) is 8.79. The van der Waals surface area contributed by atoms with E-state index in [1.165, 1.54) is 27.8 Å². The van der Waals surface area contributed by atoms with E-state index in [4.69, 9.17) is 14.3 Å². The molecule has 7 aromatic rings. The van der Waals surface area contributed by atoms with Crippen LogP contribution >= 0.6 is 0 Å². The second kappa shape index (κ2) is 20.8. The molecule has 0 aliphatic heterocycles. The van der Waals surface area contributed by atoms with Crippen molar-refractivity contribution in [1.82, 2.24) is 0 Å². The first-order chi connectivity index (χ1) is 26.4. The largest absolute Gasteiger partial charge is 0.871 e. The fraction of sp³-hybridized carbons (Fsp3) is 0.130. The molecule has 2 heterocycles. The van der Waals surface area contributed by atoms with Gasteiger partial charge in [0.2, 0.25) is 36.3 Å². The van der Waals surface area contributed by atoms with Gasteiger partial charge in [-0.05, 0) is 67.6 Å². The predicted octanol–water partition coefficient (Wildman–Crippen LogP) is 6.77. The Morgan fingerprint density at radius 1 is 0.463 bits per heavy atom. The Bertz CT molecular complexity index is 1860. The summed E-state index contributed by atoms with van der Waals surface area (Å²) in [5.74, 6) is 1.68. The normalized spacial score (nSPS) is 10.5. The van der Waals surface area contributed by atoms with E-state index in [0.29, 0.717) is 6.42 Å². The van der Waals surface area contributed by atoms with Gasteiger partial charge in [0.05, 0.1) is 7.32 Å². The van der Waals surface area contributed by atoms with Crippen LogP contribution in [-0.2, 0) is 10.1 Å². The van der Waals surface area contributed by atoms with E-state index < -0.39 is 7.32 Å². The van der Waals surface area contributed by atoms with Crippen LogP contribution in [0.3, 0.4) is 0 Å². The van der Waals surface area contributed by atoms with Gasteiger partial charge in [0, 0.05) is 45.7 Å². The summed E-state index contributed by atoms with van der Waals surface area (Å²) in [7, 11) is -2.23. The minimum absolute atomic E-state index is 0.159. The van der Waals surface area contributed by atoms with E-state index in [1.54, 1.807) is 9.46 Å². The summed E-state index contributed by atoms with van der Waals surface area (Å²) in [6.45, 7) is 4.27. The molecule has 54 heavy (non-hydrogen) atoms. The number of hydrogen-bond donors (Lipinski definition) is 0. The van der Waals surface area contributed by atoms with Crippen LogP contribution in [0.2, 0.25) is 0 Å². The quantitative estimate of drug-likeness (QED) is 0.0604. The van der Waals surface area contributed by atoms with Crippen LogP contribution in [0, 0.1) is 13.8 Å². The molecular weight excluding hydrogens is 671 g/mol. The van der Waals surface area contributed by atoms with Crippen molar-refractivity contribution in [2.75, 3.05) is 6.61 Å². The highest BCUT2D eigenvalue weighted by atomic mass is 16.7. The van der Waals surface area contributed by atoms with Crippen molar-refractivity contribution < 1.29 is 33.8 Å². The van der Waals surface area contributed by atoms with Gasteiger partial charge in [-0.3, -0.25) is 0 Å². The number of pyridine rings is 2. The Morgan fingerprint density at radius 3 is 1.13 bits per heavy atom. The molecular formula is C46H45BN2O5. The van der Waals surface area contributed by atoms with Crippen LogP contribution < -0.4 is 29.2 Å². The van der Waals surface area contributed by atoms with Gasteiger partial charge in [-0.15, -0.1) is 0 Å². The van der Waals surface area contributed by atoms with Crippen molar-refractivity contribution >= 4 is 7.32 Å². The second-order valence-electron chi connectivity index (χ2n) is 12.5. The molecule has 0 amide bonds.